The van der Waals surface area contributed by atoms with Gasteiger partial charge in [0.2, 0.25) is 0 Å². The average Bonchev–Trinajstić information content (AvgIpc) is 3.39. The van der Waals surface area contributed by atoms with Crippen molar-refractivity contribution < 1.29 is 31.7 Å². The number of nitrogens with zero attached hydrogens (tertiary/aromatic N) is 6. The second-order valence-corrected chi connectivity index (χ2v) is 8.04. The van der Waals surface area contributed by atoms with Crippen LogP contribution < -0.4 is 10.8 Å². The van der Waals surface area contributed by atoms with Crippen molar-refractivity contribution in [2.75, 3.05) is 19.7 Å². The molecule has 3 amide bonds. The van der Waals surface area contributed by atoms with Gasteiger partial charge in [-0.3, -0.25) is 14.2 Å². The monoisotopic (exact) mass is 432 g/mol. The molecule has 0 unspecified atom stereocenters. The second kappa shape index (κ2) is 7.79. The summed E-state index contributed by atoms with van der Waals surface area (Å²) in [6, 6.07) is -2.15. The molecular weight excluding hydrogens is 412 g/mol. The number of fused-ring (bicyclic) bond motifs is 2. The molecule has 1 aromatic heterocycles. The summed E-state index contributed by atoms with van der Waals surface area (Å²) in [5, 5.41) is 15.4. The summed E-state index contributed by atoms with van der Waals surface area (Å²) in [6.45, 7) is 0.968. The summed E-state index contributed by atoms with van der Waals surface area (Å²) >= 11 is 0. The van der Waals surface area contributed by atoms with E-state index >= 15 is 0 Å². The summed E-state index contributed by atoms with van der Waals surface area (Å²) in [5.74, 6) is -0.516. The van der Waals surface area contributed by atoms with Crippen LogP contribution >= 0.6 is 0 Å². The zero-order chi connectivity index (χ0) is 20.6. The number of urea groups is 1. The Kier molecular flexibility index (Phi) is 5.34. The molecule has 4 heterocycles. The van der Waals surface area contributed by atoms with Crippen molar-refractivity contribution in [2.45, 2.75) is 43.4 Å². The van der Waals surface area contributed by atoms with E-state index in [1.165, 1.54) is 16.0 Å². The highest BCUT2D eigenvalue weighted by atomic mass is 32.3. The highest BCUT2D eigenvalue weighted by Gasteiger charge is 2.49. The number of aromatic nitrogens is 4. The van der Waals surface area contributed by atoms with E-state index in [1.807, 2.05) is 0 Å². The lowest BCUT2D eigenvalue weighted by atomic mass is 10.0. The maximum Gasteiger partial charge on any atom is 0.418 e. The van der Waals surface area contributed by atoms with E-state index in [0.717, 1.165) is 0 Å². The van der Waals surface area contributed by atoms with Crippen molar-refractivity contribution in [3.05, 3.63) is 6.33 Å². The Bertz CT molecular complexity index is 865. The molecule has 0 radical (unpaired) electrons. The molecule has 0 saturated carbocycles. The fraction of sp³-hybridized carbons (Fsp3) is 0.769. The standard InChI is InChI=1S/C13H20N8O7S/c22-12(17-27-6-8-3-10(4-14-8)21-16-7-15-18-21)11-2-1-9-5-19(11)13(23)20(9)28-29(24,25)26/h7-11,14H,1-6H2,(H,17,22)(H,24,25,26)/t8-,9+,10-,11-/m0/s1. The Morgan fingerprint density at radius 1 is 1.38 bits per heavy atom. The molecule has 3 aliphatic heterocycles. The molecule has 0 aliphatic carbocycles. The highest BCUT2D eigenvalue weighted by Crippen LogP contribution is 2.30. The summed E-state index contributed by atoms with van der Waals surface area (Å²) in [6.07, 6.45) is 2.70. The predicted molar refractivity (Wildman–Crippen MR) is 90.7 cm³/mol. The van der Waals surface area contributed by atoms with Gasteiger partial charge in [-0.05, 0) is 24.5 Å². The smallest absolute Gasteiger partial charge is 0.309 e. The van der Waals surface area contributed by atoms with Gasteiger partial charge in [-0.15, -0.1) is 14.5 Å². The fourth-order valence-corrected chi connectivity index (χ4v) is 4.22. The van der Waals surface area contributed by atoms with Crippen LogP contribution in [0.1, 0.15) is 25.3 Å². The number of hydroxylamine groups is 3. The lowest BCUT2D eigenvalue weighted by Gasteiger charge is -2.29. The average molecular weight is 432 g/mol. The predicted octanol–water partition coefficient (Wildman–Crippen LogP) is -2.37. The van der Waals surface area contributed by atoms with Gasteiger partial charge in [0.15, 0.2) is 6.33 Å². The van der Waals surface area contributed by atoms with E-state index < -0.39 is 34.4 Å². The molecule has 3 fully saturated rings. The number of carbonyl (C=O) groups excluding carboxylic acids is 2. The van der Waals surface area contributed by atoms with E-state index in [4.69, 9.17) is 9.39 Å². The quantitative estimate of drug-likeness (QED) is 0.309. The zero-order valence-corrected chi connectivity index (χ0v) is 15.9. The molecular formula is C13H20N8O7S. The van der Waals surface area contributed by atoms with Gasteiger partial charge in [0.05, 0.1) is 18.7 Å². The van der Waals surface area contributed by atoms with Gasteiger partial charge in [0.1, 0.15) is 6.04 Å². The van der Waals surface area contributed by atoms with Crippen LogP contribution in [-0.2, 0) is 24.3 Å². The zero-order valence-electron chi connectivity index (χ0n) is 15.1. The van der Waals surface area contributed by atoms with Gasteiger partial charge in [0.25, 0.3) is 5.91 Å². The van der Waals surface area contributed by atoms with Crippen LogP contribution in [0, 0.1) is 0 Å². The Hall–Kier alpha value is -2.40. The number of hydrogen-bond acceptors (Lipinski definition) is 10. The van der Waals surface area contributed by atoms with E-state index in [2.05, 4.69) is 30.5 Å². The SMILES string of the molecule is O=C(NOC[C@@H]1C[C@H](n2ncnn2)CN1)[C@@H]1CC[C@@H]2CN1C(=O)N2OS(=O)(=O)O. The van der Waals surface area contributed by atoms with E-state index in [0.29, 0.717) is 30.9 Å². The minimum Gasteiger partial charge on any atom is -0.309 e. The first-order valence-corrected chi connectivity index (χ1v) is 10.3. The van der Waals surface area contributed by atoms with Crippen LogP contribution in [0.5, 0.6) is 0 Å². The van der Waals surface area contributed by atoms with Crippen molar-refractivity contribution in [2.24, 2.45) is 0 Å². The minimum absolute atomic E-state index is 0.0193. The molecule has 4 rings (SSSR count). The van der Waals surface area contributed by atoms with Crippen LogP contribution in [0.2, 0.25) is 0 Å². The maximum absolute atomic E-state index is 12.4. The molecule has 3 aliphatic rings. The van der Waals surface area contributed by atoms with Gasteiger partial charge in [-0.25, -0.2) is 10.3 Å². The van der Waals surface area contributed by atoms with E-state index in [-0.39, 0.29) is 25.2 Å². The van der Waals surface area contributed by atoms with Crippen LogP contribution in [0.3, 0.4) is 0 Å². The third kappa shape index (κ3) is 4.30. The topological polar surface area (TPSA) is 181 Å². The van der Waals surface area contributed by atoms with Crippen molar-refractivity contribution in [3.8, 4) is 0 Å². The minimum atomic E-state index is -4.83. The Balaban J connectivity index is 1.25. The van der Waals surface area contributed by atoms with Crippen molar-refractivity contribution in [3.63, 3.8) is 0 Å². The molecule has 0 aromatic carbocycles. The van der Waals surface area contributed by atoms with E-state index in [9.17, 15) is 18.0 Å². The molecule has 2 bridgehead atoms. The van der Waals surface area contributed by atoms with Crippen molar-refractivity contribution in [1.82, 2.24) is 41.0 Å². The van der Waals surface area contributed by atoms with Crippen LogP contribution in [0.4, 0.5) is 4.79 Å². The summed E-state index contributed by atoms with van der Waals surface area (Å²) < 4.78 is 34.9. The molecule has 3 saturated heterocycles. The first-order chi connectivity index (χ1) is 13.8. The van der Waals surface area contributed by atoms with Gasteiger partial charge in [-0.1, -0.05) is 0 Å². The first kappa shape index (κ1) is 19.9. The first-order valence-electron chi connectivity index (χ1n) is 8.96. The Labute approximate surface area is 165 Å². The largest absolute Gasteiger partial charge is 0.418 e. The summed E-state index contributed by atoms with van der Waals surface area (Å²) in [7, 11) is -4.83. The van der Waals surface area contributed by atoms with Crippen molar-refractivity contribution >= 4 is 22.3 Å². The number of carbonyl (C=O) groups is 2. The molecule has 160 valence electrons. The molecule has 3 N–H and O–H groups in total. The summed E-state index contributed by atoms with van der Waals surface area (Å²) in [4.78, 5) is 32.8. The van der Waals surface area contributed by atoms with Gasteiger partial charge >= 0.3 is 16.4 Å². The number of nitrogens with one attached hydrogen (secondary N) is 2. The van der Waals surface area contributed by atoms with Crippen LogP contribution in [0.15, 0.2) is 6.33 Å². The van der Waals surface area contributed by atoms with Gasteiger partial charge < -0.3 is 10.2 Å². The third-order valence-corrected chi connectivity index (χ3v) is 5.50. The van der Waals surface area contributed by atoms with E-state index in [1.54, 1.807) is 0 Å². The van der Waals surface area contributed by atoms with Gasteiger partial charge in [-0.2, -0.15) is 18.3 Å². The molecule has 4 atom stereocenters. The van der Waals surface area contributed by atoms with Crippen LogP contribution in [0.25, 0.3) is 0 Å². The van der Waals surface area contributed by atoms with Crippen molar-refractivity contribution in [1.29, 1.82) is 0 Å². The lowest BCUT2D eigenvalue weighted by Crippen LogP contribution is -2.50. The number of amides is 3. The number of tetrazole rings is 1. The highest BCUT2D eigenvalue weighted by molar-refractivity contribution is 7.80. The molecule has 0 spiro atoms. The third-order valence-electron chi connectivity index (χ3n) is 5.15. The fourth-order valence-electron chi connectivity index (χ4n) is 3.83. The Morgan fingerprint density at radius 2 is 2.21 bits per heavy atom. The molecule has 16 heteroatoms. The number of piperidine rings is 1. The molecule has 1 aromatic rings. The molecule has 15 nitrogen and oxygen atoms in total. The summed E-state index contributed by atoms with van der Waals surface area (Å²) in [5.41, 5.74) is 2.35. The number of rotatable bonds is 7. The Morgan fingerprint density at radius 3 is 2.93 bits per heavy atom. The normalized spacial score (nSPS) is 29.5. The molecule has 29 heavy (non-hydrogen) atoms. The lowest BCUT2D eigenvalue weighted by molar-refractivity contribution is -0.139. The van der Waals surface area contributed by atoms with Gasteiger partial charge in [0, 0.05) is 19.1 Å². The van der Waals surface area contributed by atoms with Crippen LogP contribution in [-0.4, -0.2) is 92.9 Å². The second-order valence-electron chi connectivity index (χ2n) is 7.04. The number of hydrogen-bond donors (Lipinski definition) is 3. The maximum atomic E-state index is 12.4.